The molecule has 0 aliphatic heterocycles. The van der Waals surface area contributed by atoms with Crippen LogP contribution in [-0.2, 0) is 11.2 Å². The molecule has 0 heterocycles. The van der Waals surface area contributed by atoms with Crippen molar-refractivity contribution in [2.75, 3.05) is 0 Å². The highest BCUT2D eigenvalue weighted by atomic mass is 19.1. The molecule has 1 nitrogen and oxygen atoms in total. The molecule has 0 spiro atoms. The monoisotopic (exact) mass is 204 g/mol. The van der Waals surface area contributed by atoms with Crippen molar-refractivity contribution in [3.05, 3.63) is 47.3 Å². The number of hydrogen-bond acceptors (Lipinski definition) is 1. The first-order valence-electron chi connectivity index (χ1n) is 5.22. The standard InChI is InChI=1S/C13H13FO/c14-12-7-5-10(6-8-12)9-11-3-1-2-4-13(11)15/h3,5-8H,1-2,4,9H2. The van der Waals surface area contributed by atoms with E-state index >= 15 is 0 Å². The van der Waals surface area contributed by atoms with Crippen molar-refractivity contribution >= 4 is 5.78 Å². The Morgan fingerprint density at radius 1 is 1.20 bits per heavy atom. The number of halogens is 1. The number of rotatable bonds is 2. The number of benzene rings is 1. The first-order valence-corrected chi connectivity index (χ1v) is 5.22. The van der Waals surface area contributed by atoms with Gasteiger partial charge in [0.1, 0.15) is 5.82 Å². The summed E-state index contributed by atoms with van der Waals surface area (Å²) < 4.78 is 12.7. The van der Waals surface area contributed by atoms with Crippen LogP contribution in [0, 0.1) is 5.82 Å². The fraction of sp³-hybridized carbons (Fsp3) is 0.308. The Kier molecular flexibility index (Phi) is 2.95. The number of hydrogen-bond donors (Lipinski definition) is 0. The second kappa shape index (κ2) is 4.39. The quantitative estimate of drug-likeness (QED) is 0.723. The van der Waals surface area contributed by atoms with Gasteiger partial charge < -0.3 is 0 Å². The molecule has 0 saturated heterocycles. The van der Waals surface area contributed by atoms with Gasteiger partial charge in [0.2, 0.25) is 0 Å². The molecular formula is C13H13FO. The van der Waals surface area contributed by atoms with Crippen LogP contribution in [0.1, 0.15) is 24.8 Å². The van der Waals surface area contributed by atoms with Gasteiger partial charge in [-0.3, -0.25) is 4.79 Å². The predicted molar refractivity (Wildman–Crippen MR) is 57.0 cm³/mol. The van der Waals surface area contributed by atoms with E-state index in [1.165, 1.54) is 12.1 Å². The molecule has 1 aliphatic rings. The minimum absolute atomic E-state index is 0.234. The van der Waals surface area contributed by atoms with E-state index in [-0.39, 0.29) is 11.6 Å². The Morgan fingerprint density at radius 3 is 2.60 bits per heavy atom. The molecule has 15 heavy (non-hydrogen) atoms. The summed E-state index contributed by atoms with van der Waals surface area (Å²) in [6.45, 7) is 0. The molecule has 0 saturated carbocycles. The summed E-state index contributed by atoms with van der Waals surface area (Å²) in [5.74, 6) is 0.00766. The van der Waals surface area contributed by atoms with Crippen LogP contribution in [0.2, 0.25) is 0 Å². The van der Waals surface area contributed by atoms with Gasteiger partial charge in [-0.15, -0.1) is 0 Å². The molecule has 0 amide bonds. The fourth-order valence-electron chi connectivity index (χ4n) is 1.81. The van der Waals surface area contributed by atoms with Crippen molar-refractivity contribution in [2.24, 2.45) is 0 Å². The smallest absolute Gasteiger partial charge is 0.158 e. The summed E-state index contributed by atoms with van der Waals surface area (Å²) in [7, 11) is 0. The lowest BCUT2D eigenvalue weighted by atomic mass is 9.93. The van der Waals surface area contributed by atoms with Crippen molar-refractivity contribution in [1.82, 2.24) is 0 Å². The van der Waals surface area contributed by atoms with Crippen molar-refractivity contribution in [1.29, 1.82) is 0 Å². The van der Waals surface area contributed by atoms with Gasteiger partial charge in [-0.1, -0.05) is 18.2 Å². The maximum Gasteiger partial charge on any atom is 0.158 e. The van der Waals surface area contributed by atoms with Gasteiger partial charge in [-0.25, -0.2) is 4.39 Å². The van der Waals surface area contributed by atoms with Gasteiger partial charge >= 0.3 is 0 Å². The highest BCUT2D eigenvalue weighted by Gasteiger charge is 2.13. The van der Waals surface area contributed by atoms with Crippen LogP contribution in [0.15, 0.2) is 35.9 Å². The molecule has 0 aromatic heterocycles. The highest BCUT2D eigenvalue weighted by Crippen LogP contribution is 2.18. The van der Waals surface area contributed by atoms with E-state index in [9.17, 15) is 9.18 Å². The fourth-order valence-corrected chi connectivity index (χ4v) is 1.81. The van der Waals surface area contributed by atoms with Crippen molar-refractivity contribution in [2.45, 2.75) is 25.7 Å². The molecule has 0 unspecified atom stereocenters. The third-order valence-electron chi connectivity index (χ3n) is 2.66. The minimum atomic E-state index is -0.234. The summed E-state index contributed by atoms with van der Waals surface area (Å²) in [6.07, 6.45) is 5.26. The molecule has 78 valence electrons. The van der Waals surface area contributed by atoms with E-state index in [0.29, 0.717) is 12.8 Å². The first-order chi connectivity index (χ1) is 7.25. The predicted octanol–water partition coefficient (Wildman–Crippen LogP) is 3.05. The molecule has 1 aromatic carbocycles. The van der Waals surface area contributed by atoms with Gasteiger partial charge in [-0.05, 0) is 36.1 Å². The molecule has 2 rings (SSSR count). The average Bonchev–Trinajstić information content (AvgIpc) is 2.25. The van der Waals surface area contributed by atoms with Crippen LogP contribution in [0.3, 0.4) is 0 Å². The second-order valence-corrected chi connectivity index (χ2v) is 3.85. The molecule has 1 aliphatic carbocycles. The van der Waals surface area contributed by atoms with Gasteiger partial charge in [-0.2, -0.15) is 0 Å². The summed E-state index contributed by atoms with van der Waals surface area (Å²) in [5, 5.41) is 0. The minimum Gasteiger partial charge on any atom is -0.295 e. The van der Waals surface area contributed by atoms with Gasteiger partial charge in [0, 0.05) is 12.8 Å². The van der Waals surface area contributed by atoms with Crippen LogP contribution in [0.4, 0.5) is 4.39 Å². The maximum atomic E-state index is 12.7. The average molecular weight is 204 g/mol. The Bertz CT molecular complexity index is 390. The van der Waals surface area contributed by atoms with E-state index < -0.39 is 0 Å². The Hall–Kier alpha value is -1.44. The van der Waals surface area contributed by atoms with E-state index in [2.05, 4.69) is 0 Å². The van der Waals surface area contributed by atoms with Crippen molar-refractivity contribution in [3.63, 3.8) is 0 Å². The molecule has 0 fully saturated rings. The van der Waals surface area contributed by atoms with Crippen LogP contribution >= 0.6 is 0 Å². The molecule has 0 N–H and O–H groups in total. The lowest BCUT2D eigenvalue weighted by Gasteiger charge is -2.11. The maximum absolute atomic E-state index is 12.7. The van der Waals surface area contributed by atoms with Crippen molar-refractivity contribution in [3.8, 4) is 0 Å². The molecule has 0 radical (unpaired) electrons. The SMILES string of the molecule is O=C1CCCC=C1Cc1ccc(F)cc1. The summed E-state index contributed by atoms with van der Waals surface area (Å²) in [4.78, 5) is 11.5. The Morgan fingerprint density at radius 2 is 1.93 bits per heavy atom. The number of carbonyl (C=O) groups is 1. The molecule has 2 heteroatoms. The number of carbonyl (C=O) groups excluding carboxylic acids is 1. The van der Waals surface area contributed by atoms with Crippen LogP contribution in [0.25, 0.3) is 0 Å². The summed E-state index contributed by atoms with van der Waals surface area (Å²) in [5.41, 5.74) is 1.88. The second-order valence-electron chi connectivity index (χ2n) is 3.85. The van der Waals surface area contributed by atoms with Gasteiger partial charge in [0.05, 0.1) is 0 Å². The Balaban J connectivity index is 2.11. The van der Waals surface area contributed by atoms with E-state index in [0.717, 1.165) is 24.0 Å². The number of ketones is 1. The van der Waals surface area contributed by atoms with Crippen LogP contribution in [-0.4, -0.2) is 5.78 Å². The largest absolute Gasteiger partial charge is 0.295 e. The highest BCUT2D eigenvalue weighted by molar-refractivity contribution is 5.96. The number of Topliss-reactive ketones (excluding diaryl/α,β-unsaturated/α-hetero) is 1. The third kappa shape index (κ3) is 2.52. The molecule has 0 bridgehead atoms. The van der Waals surface area contributed by atoms with Crippen LogP contribution < -0.4 is 0 Å². The molecule has 0 atom stereocenters. The van der Waals surface area contributed by atoms with E-state index in [1.807, 2.05) is 6.08 Å². The lowest BCUT2D eigenvalue weighted by Crippen LogP contribution is -2.09. The van der Waals surface area contributed by atoms with Gasteiger partial charge in [0.15, 0.2) is 5.78 Å². The zero-order valence-electron chi connectivity index (χ0n) is 8.50. The zero-order chi connectivity index (χ0) is 10.7. The molecule has 1 aromatic rings. The van der Waals surface area contributed by atoms with Crippen LogP contribution in [0.5, 0.6) is 0 Å². The normalized spacial score (nSPS) is 16.3. The zero-order valence-corrected chi connectivity index (χ0v) is 8.50. The lowest BCUT2D eigenvalue weighted by molar-refractivity contribution is -0.116. The van der Waals surface area contributed by atoms with E-state index in [1.54, 1.807) is 12.1 Å². The van der Waals surface area contributed by atoms with E-state index in [4.69, 9.17) is 0 Å². The third-order valence-corrected chi connectivity index (χ3v) is 2.66. The van der Waals surface area contributed by atoms with Crippen molar-refractivity contribution < 1.29 is 9.18 Å². The first kappa shape index (κ1) is 10.1. The van der Waals surface area contributed by atoms with Gasteiger partial charge in [0.25, 0.3) is 0 Å². The number of allylic oxidation sites excluding steroid dienone is 2. The summed E-state index contributed by atoms with van der Waals surface area (Å²) in [6, 6.07) is 6.34. The Labute approximate surface area is 88.6 Å². The topological polar surface area (TPSA) is 17.1 Å². The summed E-state index contributed by atoms with van der Waals surface area (Å²) >= 11 is 0. The molecular weight excluding hydrogens is 191 g/mol.